The molecule has 140 valence electrons. The Morgan fingerprint density at radius 3 is 2.54 bits per heavy atom. The summed E-state index contributed by atoms with van der Waals surface area (Å²) < 4.78 is 1.84. The predicted octanol–water partition coefficient (Wildman–Crippen LogP) is 3.30. The lowest BCUT2D eigenvalue weighted by molar-refractivity contribution is -0.0188. The Balaban J connectivity index is 1.82. The van der Waals surface area contributed by atoms with Crippen LogP contribution in [0, 0.1) is 11.3 Å². The smallest absolute Gasteiger partial charge is 0.257 e. The normalized spacial score (nSPS) is 21.0. The number of rotatable bonds is 3. The van der Waals surface area contributed by atoms with E-state index >= 15 is 0 Å². The van der Waals surface area contributed by atoms with Gasteiger partial charge in [0.25, 0.3) is 5.91 Å². The molecule has 1 aromatic carbocycles. The number of carbonyl (C=O) groups is 1. The highest BCUT2D eigenvalue weighted by Crippen LogP contribution is 2.35. The van der Waals surface area contributed by atoms with Crippen molar-refractivity contribution < 1.29 is 9.90 Å². The standard InChI is InChI=1S/C21H29N3O2/c1-5-18-16(13-22-24(18)15-9-7-6-8-10-15)20(26)23-12-11-17(19(25)14-23)21(2,3)4/h6-10,13,17,19,25H,5,11-12,14H2,1-4H3/t17-,19-/m0/s1. The van der Waals surface area contributed by atoms with Crippen molar-refractivity contribution in [3.8, 4) is 5.69 Å². The molecule has 1 amide bonds. The summed E-state index contributed by atoms with van der Waals surface area (Å²) in [4.78, 5) is 14.9. The van der Waals surface area contributed by atoms with E-state index in [2.05, 4.69) is 25.9 Å². The van der Waals surface area contributed by atoms with Crippen molar-refractivity contribution in [1.29, 1.82) is 0 Å². The number of para-hydroxylation sites is 1. The largest absolute Gasteiger partial charge is 0.391 e. The second-order valence-corrected chi connectivity index (χ2v) is 8.19. The lowest BCUT2D eigenvalue weighted by Crippen LogP contribution is -2.50. The number of benzene rings is 1. The number of likely N-dealkylation sites (tertiary alicyclic amines) is 1. The molecule has 0 bridgehead atoms. The quantitative estimate of drug-likeness (QED) is 0.919. The molecule has 3 rings (SSSR count). The number of amides is 1. The fourth-order valence-electron chi connectivity index (χ4n) is 3.98. The first-order valence-electron chi connectivity index (χ1n) is 9.42. The van der Waals surface area contributed by atoms with Crippen LogP contribution in [0.3, 0.4) is 0 Å². The number of aliphatic hydroxyl groups excluding tert-OH is 1. The second-order valence-electron chi connectivity index (χ2n) is 8.19. The molecular weight excluding hydrogens is 326 g/mol. The Labute approximate surface area is 155 Å². The van der Waals surface area contributed by atoms with Gasteiger partial charge in [-0.3, -0.25) is 4.79 Å². The van der Waals surface area contributed by atoms with Crippen molar-refractivity contribution in [2.24, 2.45) is 11.3 Å². The fraction of sp³-hybridized carbons (Fsp3) is 0.524. The van der Waals surface area contributed by atoms with Crippen LogP contribution in [0.4, 0.5) is 0 Å². The van der Waals surface area contributed by atoms with Crippen molar-refractivity contribution >= 4 is 5.91 Å². The molecule has 2 aromatic rings. The van der Waals surface area contributed by atoms with Gasteiger partial charge < -0.3 is 10.0 Å². The SMILES string of the molecule is CCc1c(C(=O)N2CC[C@H](C(C)(C)C)[C@@H](O)C2)cnn1-c1ccccc1. The van der Waals surface area contributed by atoms with Crippen LogP contribution in [-0.2, 0) is 6.42 Å². The number of β-amino-alcohol motifs (C(OH)–C–C–N with tert-alkyl or cyclic N) is 1. The van der Waals surface area contributed by atoms with Crippen LogP contribution in [0.2, 0.25) is 0 Å². The van der Waals surface area contributed by atoms with E-state index in [1.807, 2.05) is 41.9 Å². The zero-order valence-electron chi connectivity index (χ0n) is 16.1. The molecule has 1 N–H and O–H groups in total. The lowest BCUT2D eigenvalue weighted by atomic mass is 9.73. The lowest BCUT2D eigenvalue weighted by Gasteiger charge is -2.42. The minimum absolute atomic E-state index is 0.0320. The van der Waals surface area contributed by atoms with E-state index in [-0.39, 0.29) is 17.2 Å². The number of piperidine rings is 1. The molecule has 0 radical (unpaired) electrons. The minimum atomic E-state index is -0.484. The second kappa shape index (κ2) is 7.23. The van der Waals surface area contributed by atoms with Gasteiger partial charge in [0.1, 0.15) is 0 Å². The Kier molecular flexibility index (Phi) is 5.19. The number of carbonyl (C=O) groups excluding carboxylic acids is 1. The van der Waals surface area contributed by atoms with E-state index in [1.165, 1.54) is 0 Å². The van der Waals surface area contributed by atoms with Crippen molar-refractivity contribution in [2.75, 3.05) is 13.1 Å². The highest BCUT2D eigenvalue weighted by atomic mass is 16.3. The van der Waals surface area contributed by atoms with Gasteiger partial charge in [-0.1, -0.05) is 45.9 Å². The fourth-order valence-corrected chi connectivity index (χ4v) is 3.98. The summed E-state index contributed by atoms with van der Waals surface area (Å²) in [6.45, 7) is 9.55. The van der Waals surface area contributed by atoms with Crippen LogP contribution in [0.5, 0.6) is 0 Å². The molecule has 5 nitrogen and oxygen atoms in total. The molecule has 2 atom stereocenters. The minimum Gasteiger partial charge on any atom is -0.391 e. The maximum absolute atomic E-state index is 13.1. The number of aromatic nitrogens is 2. The molecule has 26 heavy (non-hydrogen) atoms. The van der Waals surface area contributed by atoms with Gasteiger partial charge in [-0.25, -0.2) is 4.68 Å². The van der Waals surface area contributed by atoms with Crippen LogP contribution in [0.25, 0.3) is 5.69 Å². The molecule has 1 aliphatic heterocycles. The van der Waals surface area contributed by atoms with Crippen molar-refractivity contribution in [3.63, 3.8) is 0 Å². The molecule has 0 spiro atoms. The van der Waals surface area contributed by atoms with Crippen molar-refractivity contribution in [3.05, 3.63) is 47.8 Å². The molecule has 0 unspecified atom stereocenters. The van der Waals surface area contributed by atoms with Crippen molar-refractivity contribution in [1.82, 2.24) is 14.7 Å². The third kappa shape index (κ3) is 3.54. The highest BCUT2D eigenvalue weighted by Gasteiger charge is 2.37. The van der Waals surface area contributed by atoms with Gasteiger partial charge in [0.15, 0.2) is 0 Å². The molecule has 1 aliphatic rings. The third-order valence-electron chi connectivity index (χ3n) is 5.42. The molecule has 1 aromatic heterocycles. The summed E-state index contributed by atoms with van der Waals surface area (Å²) in [5, 5.41) is 15.0. The van der Waals surface area contributed by atoms with Crippen LogP contribution >= 0.6 is 0 Å². The summed E-state index contributed by atoms with van der Waals surface area (Å²) in [5.74, 6) is 0.180. The van der Waals surface area contributed by atoms with Crippen LogP contribution < -0.4 is 0 Å². The summed E-state index contributed by atoms with van der Waals surface area (Å²) in [6.07, 6.45) is 2.72. The Morgan fingerprint density at radius 2 is 1.96 bits per heavy atom. The first-order valence-corrected chi connectivity index (χ1v) is 9.42. The number of aliphatic hydroxyl groups is 1. The highest BCUT2D eigenvalue weighted by molar-refractivity contribution is 5.95. The average Bonchev–Trinajstić information content (AvgIpc) is 3.04. The van der Waals surface area contributed by atoms with E-state index in [0.29, 0.717) is 18.7 Å². The molecule has 1 saturated heterocycles. The van der Waals surface area contributed by atoms with Gasteiger partial charge >= 0.3 is 0 Å². The maximum Gasteiger partial charge on any atom is 0.257 e. The molecule has 0 saturated carbocycles. The van der Waals surface area contributed by atoms with Crippen LogP contribution in [0.15, 0.2) is 36.5 Å². The number of hydrogen-bond donors (Lipinski definition) is 1. The molecule has 1 fully saturated rings. The van der Waals surface area contributed by atoms with Gasteiger partial charge in [-0.2, -0.15) is 5.10 Å². The topological polar surface area (TPSA) is 58.4 Å². The Morgan fingerprint density at radius 1 is 1.27 bits per heavy atom. The summed E-state index contributed by atoms with van der Waals surface area (Å²) in [7, 11) is 0. The third-order valence-corrected chi connectivity index (χ3v) is 5.42. The summed E-state index contributed by atoms with van der Waals surface area (Å²) in [5.41, 5.74) is 2.54. The van der Waals surface area contributed by atoms with Crippen LogP contribution in [0.1, 0.15) is 50.2 Å². The van der Waals surface area contributed by atoms with Gasteiger partial charge in [0.2, 0.25) is 0 Å². The summed E-state index contributed by atoms with van der Waals surface area (Å²) >= 11 is 0. The molecule has 0 aliphatic carbocycles. The molecule has 5 heteroatoms. The van der Waals surface area contributed by atoms with E-state index in [9.17, 15) is 9.90 Å². The van der Waals surface area contributed by atoms with E-state index in [1.54, 1.807) is 11.1 Å². The monoisotopic (exact) mass is 355 g/mol. The zero-order chi connectivity index (χ0) is 18.9. The molecule has 2 heterocycles. The van der Waals surface area contributed by atoms with Gasteiger partial charge in [0.05, 0.1) is 29.2 Å². The molecular formula is C21H29N3O2. The first kappa shape index (κ1) is 18.6. The Bertz CT molecular complexity index is 761. The number of hydrogen-bond acceptors (Lipinski definition) is 3. The van der Waals surface area contributed by atoms with Gasteiger partial charge in [0, 0.05) is 13.1 Å². The first-order chi connectivity index (χ1) is 12.3. The number of nitrogens with zero attached hydrogens (tertiary/aromatic N) is 3. The van der Waals surface area contributed by atoms with Crippen molar-refractivity contribution in [2.45, 2.75) is 46.6 Å². The zero-order valence-corrected chi connectivity index (χ0v) is 16.1. The predicted molar refractivity (Wildman–Crippen MR) is 102 cm³/mol. The van der Waals surface area contributed by atoms with Gasteiger partial charge in [-0.05, 0) is 36.3 Å². The average molecular weight is 355 g/mol. The summed E-state index contributed by atoms with van der Waals surface area (Å²) in [6, 6.07) is 9.86. The Hall–Kier alpha value is -2.14. The van der Waals surface area contributed by atoms with E-state index in [0.717, 1.165) is 24.2 Å². The maximum atomic E-state index is 13.1. The van der Waals surface area contributed by atoms with Crippen LogP contribution in [-0.4, -0.2) is 44.9 Å². The van der Waals surface area contributed by atoms with Gasteiger partial charge in [-0.15, -0.1) is 0 Å². The van der Waals surface area contributed by atoms with E-state index < -0.39 is 6.10 Å². The van der Waals surface area contributed by atoms with E-state index in [4.69, 9.17) is 0 Å².